The molecule has 2 fully saturated rings. The molecule has 0 spiro atoms. The smallest absolute Gasteiger partial charge is 0.275 e. The number of aromatic nitrogens is 4. The molecule has 0 bridgehead atoms. The Balaban J connectivity index is 0.00000304. The van der Waals surface area contributed by atoms with Gasteiger partial charge in [0.1, 0.15) is 5.60 Å². The molecule has 3 N–H and O–H groups in total. The highest BCUT2D eigenvalue weighted by Crippen LogP contribution is 2.41. The van der Waals surface area contributed by atoms with Crippen LogP contribution in [0.5, 0.6) is 0 Å². The van der Waals surface area contributed by atoms with Gasteiger partial charge in [-0.05, 0) is 12.8 Å². The maximum Gasteiger partial charge on any atom is 0.275 e. The number of hydrogen-bond donors (Lipinski definition) is 3. The van der Waals surface area contributed by atoms with Crippen LogP contribution >= 0.6 is 12.4 Å². The van der Waals surface area contributed by atoms with E-state index in [1.165, 1.54) is 0 Å². The molecule has 1 aliphatic heterocycles. The number of ether oxygens (including phenoxy) is 1. The number of aliphatic hydroxyl groups is 1. The zero-order chi connectivity index (χ0) is 24.3. The van der Waals surface area contributed by atoms with E-state index in [1.807, 2.05) is 39.8 Å². The fourth-order valence-corrected chi connectivity index (χ4v) is 5.65. The standard InChI is InChI=1S/C26H34N6O3.ClH/c1-35-16-26(34)10-6-5-9-22(26)32-18-30-23(24(32)19-7-3-2-4-8-19)25(33)31-12-11-27-15-21(31)13-20-14-28-17-29-20;/h2-4,7-8,14,17-18,21-22,27,34H,5-6,9-13,15-16H2,1H3,(H,28,29);1H/t21-,22-,26-;/m1./s1. The highest BCUT2D eigenvalue weighted by Gasteiger charge is 2.42. The van der Waals surface area contributed by atoms with Crippen LogP contribution in [0, 0.1) is 0 Å². The minimum absolute atomic E-state index is 0. The number of nitrogens with one attached hydrogen (secondary N) is 2. The van der Waals surface area contributed by atoms with Crippen molar-refractivity contribution in [2.24, 2.45) is 0 Å². The summed E-state index contributed by atoms with van der Waals surface area (Å²) in [7, 11) is 1.62. The molecule has 5 rings (SSSR count). The molecular weight excluding hydrogens is 480 g/mol. The second-order valence-electron chi connectivity index (χ2n) is 9.65. The minimum Gasteiger partial charge on any atom is -0.385 e. The number of piperazine rings is 1. The second-order valence-corrected chi connectivity index (χ2v) is 9.65. The number of hydrogen-bond acceptors (Lipinski definition) is 6. The highest BCUT2D eigenvalue weighted by molar-refractivity contribution is 5.98. The van der Waals surface area contributed by atoms with Gasteiger partial charge in [-0.15, -0.1) is 12.4 Å². The molecule has 10 heteroatoms. The van der Waals surface area contributed by atoms with E-state index in [9.17, 15) is 9.90 Å². The average molecular weight is 515 g/mol. The first-order chi connectivity index (χ1) is 17.1. The van der Waals surface area contributed by atoms with Gasteiger partial charge >= 0.3 is 0 Å². The van der Waals surface area contributed by atoms with E-state index >= 15 is 0 Å². The van der Waals surface area contributed by atoms with Crippen molar-refractivity contribution in [1.29, 1.82) is 0 Å². The Labute approximate surface area is 217 Å². The molecule has 1 amide bonds. The highest BCUT2D eigenvalue weighted by atomic mass is 35.5. The first-order valence-corrected chi connectivity index (χ1v) is 12.4. The summed E-state index contributed by atoms with van der Waals surface area (Å²) in [5, 5.41) is 15.0. The molecule has 3 atom stereocenters. The molecule has 2 aromatic heterocycles. The lowest BCUT2D eigenvalue weighted by Crippen LogP contribution is -2.54. The minimum atomic E-state index is -1.00. The van der Waals surface area contributed by atoms with Crippen LogP contribution < -0.4 is 5.32 Å². The van der Waals surface area contributed by atoms with Gasteiger partial charge in [-0.2, -0.15) is 0 Å². The van der Waals surface area contributed by atoms with Gasteiger partial charge in [0.15, 0.2) is 5.69 Å². The van der Waals surface area contributed by atoms with Crippen LogP contribution in [0.15, 0.2) is 49.2 Å². The van der Waals surface area contributed by atoms with Crippen molar-refractivity contribution in [3.8, 4) is 11.3 Å². The fourth-order valence-electron chi connectivity index (χ4n) is 5.65. The molecule has 3 aromatic rings. The van der Waals surface area contributed by atoms with Gasteiger partial charge in [0.2, 0.25) is 0 Å². The molecule has 0 unspecified atom stereocenters. The molecule has 0 radical (unpaired) electrons. The molecule has 36 heavy (non-hydrogen) atoms. The molecule has 9 nitrogen and oxygen atoms in total. The molecule has 194 valence electrons. The first kappa shape index (κ1) is 26.3. The number of nitrogens with zero attached hydrogens (tertiary/aromatic N) is 4. The number of rotatable bonds is 7. The van der Waals surface area contributed by atoms with E-state index in [-0.39, 0.29) is 37.0 Å². The van der Waals surface area contributed by atoms with Crippen molar-refractivity contribution in [2.75, 3.05) is 33.4 Å². The van der Waals surface area contributed by atoms with E-state index in [2.05, 4.69) is 20.3 Å². The third-order valence-corrected chi connectivity index (χ3v) is 7.35. The summed E-state index contributed by atoms with van der Waals surface area (Å²) < 4.78 is 7.44. The van der Waals surface area contributed by atoms with Crippen molar-refractivity contribution in [3.05, 3.63) is 60.6 Å². The Bertz CT molecular complexity index is 1120. The van der Waals surface area contributed by atoms with Gasteiger partial charge in [0, 0.05) is 50.6 Å². The van der Waals surface area contributed by atoms with Crippen LogP contribution in [0.1, 0.15) is 47.9 Å². The summed E-state index contributed by atoms with van der Waals surface area (Å²) in [5.74, 6) is -0.0836. The number of imidazole rings is 2. The molecular formula is C26H35ClN6O3. The maximum absolute atomic E-state index is 14.0. The van der Waals surface area contributed by atoms with Gasteiger partial charge in [-0.3, -0.25) is 4.79 Å². The third-order valence-electron chi connectivity index (χ3n) is 7.35. The number of benzene rings is 1. The van der Waals surface area contributed by atoms with Gasteiger partial charge in [-0.1, -0.05) is 43.2 Å². The Morgan fingerprint density at radius 3 is 2.86 bits per heavy atom. The summed E-state index contributed by atoms with van der Waals surface area (Å²) >= 11 is 0. The van der Waals surface area contributed by atoms with Crippen LogP contribution in [0.3, 0.4) is 0 Å². The number of carbonyl (C=O) groups excluding carboxylic acids is 1. The normalized spacial score (nSPS) is 24.3. The number of aromatic amines is 1. The Kier molecular flexibility index (Phi) is 8.46. The largest absolute Gasteiger partial charge is 0.385 e. The Hall–Kier alpha value is -2.72. The first-order valence-electron chi connectivity index (χ1n) is 12.4. The number of amides is 1. The van der Waals surface area contributed by atoms with Crippen molar-refractivity contribution in [2.45, 2.75) is 49.8 Å². The van der Waals surface area contributed by atoms with Gasteiger partial charge < -0.3 is 29.6 Å². The molecule has 3 heterocycles. The summed E-state index contributed by atoms with van der Waals surface area (Å²) in [6, 6.07) is 9.67. The lowest BCUT2D eigenvalue weighted by molar-refractivity contribution is -0.0893. The van der Waals surface area contributed by atoms with E-state index in [1.54, 1.807) is 26.0 Å². The average Bonchev–Trinajstić information content (AvgIpc) is 3.55. The molecule has 1 saturated carbocycles. The van der Waals surface area contributed by atoms with E-state index in [0.717, 1.165) is 42.8 Å². The summed E-state index contributed by atoms with van der Waals surface area (Å²) in [6.45, 7) is 2.30. The van der Waals surface area contributed by atoms with Crippen molar-refractivity contribution in [1.82, 2.24) is 29.7 Å². The topological polar surface area (TPSA) is 108 Å². The SMILES string of the molecule is COC[C@]1(O)CCCC[C@H]1n1cnc(C(=O)N2CCNC[C@H]2Cc2cnc[nH]2)c1-c1ccccc1.Cl. The third kappa shape index (κ3) is 5.20. The monoisotopic (exact) mass is 514 g/mol. The quantitative estimate of drug-likeness (QED) is 0.447. The molecule has 1 saturated heterocycles. The molecule has 1 aliphatic carbocycles. The second kappa shape index (κ2) is 11.6. The van der Waals surface area contributed by atoms with Crippen LogP contribution in [0.4, 0.5) is 0 Å². The summed E-state index contributed by atoms with van der Waals surface area (Å²) in [4.78, 5) is 27.9. The lowest BCUT2D eigenvalue weighted by Gasteiger charge is -2.41. The molecule has 2 aliphatic rings. The Morgan fingerprint density at radius 2 is 2.11 bits per heavy atom. The number of methoxy groups -OCH3 is 1. The number of H-pyrrole nitrogens is 1. The molecule has 1 aromatic carbocycles. The fraction of sp³-hybridized carbons (Fsp3) is 0.500. The van der Waals surface area contributed by atoms with Crippen LogP contribution in [0.25, 0.3) is 11.3 Å². The van der Waals surface area contributed by atoms with E-state index < -0.39 is 5.60 Å². The maximum atomic E-state index is 14.0. The predicted octanol–water partition coefficient (Wildman–Crippen LogP) is 2.84. The van der Waals surface area contributed by atoms with Gasteiger partial charge in [0.05, 0.1) is 37.0 Å². The van der Waals surface area contributed by atoms with Crippen molar-refractivity contribution in [3.63, 3.8) is 0 Å². The summed E-state index contributed by atoms with van der Waals surface area (Å²) in [6.07, 6.45) is 9.32. The lowest BCUT2D eigenvalue weighted by atomic mass is 9.80. The van der Waals surface area contributed by atoms with Crippen LogP contribution in [-0.4, -0.2) is 80.4 Å². The number of halogens is 1. The summed E-state index contributed by atoms with van der Waals surface area (Å²) in [5.41, 5.74) is 2.10. The van der Waals surface area contributed by atoms with Crippen molar-refractivity contribution >= 4 is 18.3 Å². The van der Waals surface area contributed by atoms with Crippen LogP contribution in [-0.2, 0) is 11.2 Å². The van der Waals surface area contributed by atoms with Crippen LogP contribution in [0.2, 0.25) is 0 Å². The zero-order valence-electron chi connectivity index (χ0n) is 20.6. The predicted molar refractivity (Wildman–Crippen MR) is 139 cm³/mol. The zero-order valence-corrected chi connectivity index (χ0v) is 21.4. The van der Waals surface area contributed by atoms with Crippen molar-refractivity contribution < 1.29 is 14.6 Å². The van der Waals surface area contributed by atoms with E-state index in [4.69, 9.17) is 4.74 Å². The van der Waals surface area contributed by atoms with Gasteiger partial charge in [0.25, 0.3) is 5.91 Å². The van der Waals surface area contributed by atoms with E-state index in [0.29, 0.717) is 31.6 Å². The van der Waals surface area contributed by atoms with Gasteiger partial charge in [-0.25, -0.2) is 9.97 Å². The number of carbonyl (C=O) groups is 1. The Morgan fingerprint density at radius 1 is 1.28 bits per heavy atom.